The molecule has 0 spiro atoms. The Balaban J connectivity index is 2.19. The molecule has 146 valence electrons. The van der Waals surface area contributed by atoms with Crippen LogP contribution in [0.2, 0.25) is 0 Å². The van der Waals surface area contributed by atoms with Crippen molar-refractivity contribution in [2.75, 3.05) is 6.61 Å². The predicted molar refractivity (Wildman–Crippen MR) is 97.4 cm³/mol. The molecule has 0 heterocycles. The predicted octanol–water partition coefficient (Wildman–Crippen LogP) is 4.29. The van der Waals surface area contributed by atoms with Crippen LogP contribution in [0.25, 0.3) is 6.08 Å². The molecule has 27 heavy (non-hydrogen) atoms. The Morgan fingerprint density at radius 1 is 1.37 bits per heavy atom. The lowest BCUT2D eigenvalue weighted by molar-refractivity contribution is -0.118. The molecule has 7 heteroatoms. The molecule has 2 unspecified atom stereocenters. The minimum Gasteiger partial charge on any atom is -0.490 e. The second-order valence-corrected chi connectivity index (χ2v) is 6.53. The Bertz CT molecular complexity index is 728. The van der Waals surface area contributed by atoms with Crippen LogP contribution in [0.4, 0.5) is 8.78 Å². The Kier molecular flexibility index (Phi) is 7.59. The van der Waals surface area contributed by atoms with Crippen molar-refractivity contribution < 1.29 is 23.0 Å². The van der Waals surface area contributed by atoms with E-state index >= 15 is 0 Å². The quantitative estimate of drug-likeness (QED) is 0.568. The topological polar surface area (TPSA) is 71.3 Å². The molecule has 0 aliphatic heterocycles. The Hall–Kier alpha value is -2.62. The molecular formula is C20H24F2N2O3. The zero-order chi connectivity index (χ0) is 19.8. The van der Waals surface area contributed by atoms with Crippen LogP contribution in [0.15, 0.2) is 23.8 Å². The summed E-state index contributed by atoms with van der Waals surface area (Å²) in [7, 11) is 0. The maximum Gasteiger partial charge on any atom is 0.387 e. The van der Waals surface area contributed by atoms with E-state index in [1.54, 1.807) is 6.92 Å². The molecule has 2 rings (SSSR count). The second kappa shape index (κ2) is 9.91. The van der Waals surface area contributed by atoms with E-state index in [1.807, 2.05) is 6.07 Å². The highest BCUT2D eigenvalue weighted by Gasteiger charge is 2.24. The smallest absolute Gasteiger partial charge is 0.387 e. The van der Waals surface area contributed by atoms with E-state index in [1.165, 1.54) is 24.3 Å². The van der Waals surface area contributed by atoms with Gasteiger partial charge in [-0.25, -0.2) is 0 Å². The van der Waals surface area contributed by atoms with Crippen LogP contribution < -0.4 is 14.8 Å². The molecule has 0 radical (unpaired) electrons. The van der Waals surface area contributed by atoms with E-state index in [0.29, 0.717) is 11.5 Å². The van der Waals surface area contributed by atoms with Gasteiger partial charge in [0.05, 0.1) is 6.61 Å². The van der Waals surface area contributed by atoms with E-state index in [4.69, 9.17) is 4.74 Å². The van der Waals surface area contributed by atoms with Gasteiger partial charge in [0, 0.05) is 6.04 Å². The van der Waals surface area contributed by atoms with Gasteiger partial charge in [-0.2, -0.15) is 14.0 Å². The van der Waals surface area contributed by atoms with E-state index in [2.05, 4.69) is 17.0 Å². The van der Waals surface area contributed by atoms with Crippen LogP contribution >= 0.6 is 0 Å². The molecule has 5 nitrogen and oxygen atoms in total. The number of halogens is 2. The molecule has 0 aromatic heterocycles. The number of nitrogens with zero attached hydrogens (tertiary/aromatic N) is 1. The third kappa shape index (κ3) is 5.95. The number of hydrogen-bond donors (Lipinski definition) is 1. The van der Waals surface area contributed by atoms with Crippen LogP contribution in [0.3, 0.4) is 0 Å². The normalized spacial score (nSPS) is 20.1. The lowest BCUT2D eigenvalue weighted by atomic mass is 9.86. The van der Waals surface area contributed by atoms with Gasteiger partial charge in [-0.15, -0.1) is 0 Å². The first-order valence-electron chi connectivity index (χ1n) is 9.09. The minimum atomic E-state index is -2.97. The van der Waals surface area contributed by atoms with Crippen LogP contribution in [0, 0.1) is 17.2 Å². The molecule has 1 amide bonds. The summed E-state index contributed by atoms with van der Waals surface area (Å²) < 4.78 is 34.7. The molecule has 0 saturated heterocycles. The van der Waals surface area contributed by atoms with Gasteiger partial charge in [-0.3, -0.25) is 4.79 Å². The number of amides is 1. The average molecular weight is 378 g/mol. The maximum atomic E-state index is 12.5. The van der Waals surface area contributed by atoms with Gasteiger partial charge in [-0.05, 0) is 49.5 Å². The number of nitrogens with one attached hydrogen (secondary N) is 1. The van der Waals surface area contributed by atoms with E-state index in [0.717, 1.165) is 25.7 Å². The molecule has 1 aromatic carbocycles. The van der Waals surface area contributed by atoms with Gasteiger partial charge in [0.25, 0.3) is 5.91 Å². The molecule has 1 aliphatic carbocycles. The minimum absolute atomic E-state index is 0.0438. The first kappa shape index (κ1) is 20.7. The standard InChI is InChI=1S/C20H24F2N2O3/c1-3-26-18-11-14(8-9-17(18)27-20(21)22)10-15(12-23)19(25)24-16-7-5-4-6-13(16)2/h8-11,13,16,20H,3-7H2,1-2H3,(H,24,25)/b15-10+. The molecule has 2 atom stereocenters. The van der Waals surface area contributed by atoms with Crippen molar-refractivity contribution in [3.05, 3.63) is 29.3 Å². The number of carbonyl (C=O) groups excluding carboxylic acids is 1. The van der Waals surface area contributed by atoms with Crippen LogP contribution in [0.5, 0.6) is 11.5 Å². The van der Waals surface area contributed by atoms with E-state index in [9.17, 15) is 18.8 Å². The van der Waals surface area contributed by atoms with E-state index < -0.39 is 12.5 Å². The van der Waals surface area contributed by atoms with Crippen molar-refractivity contribution in [1.29, 1.82) is 5.26 Å². The number of rotatable bonds is 7. The summed E-state index contributed by atoms with van der Waals surface area (Å²) in [6, 6.07) is 6.26. The zero-order valence-corrected chi connectivity index (χ0v) is 15.5. The van der Waals surface area contributed by atoms with Gasteiger partial charge in [0.2, 0.25) is 0 Å². The van der Waals surface area contributed by atoms with Crippen molar-refractivity contribution in [2.24, 2.45) is 5.92 Å². The summed E-state index contributed by atoms with van der Waals surface area (Å²) in [4.78, 5) is 12.5. The third-order valence-electron chi connectivity index (χ3n) is 4.59. The monoisotopic (exact) mass is 378 g/mol. The molecule has 1 aliphatic rings. The number of carbonyl (C=O) groups is 1. The first-order chi connectivity index (χ1) is 12.9. The third-order valence-corrected chi connectivity index (χ3v) is 4.59. The number of alkyl halides is 2. The summed E-state index contributed by atoms with van der Waals surface area (Å²) in [5.74, 6) is -0.0202. The van der Waals surface area contributed by atoms with Crippen molar-refractivity contribution >= 4 is 12.0 Å². The number of nitriles is 1. The van der Waals surface area contributed by atoms with Crippen molar-refractivity contribution in [3.8, 4) is 17.6 Å². The first-order valence-corrected chi connectivity index (χ1v) is 9.09. The van der Waals surface area contributed by atoms with Gasteiger partial charge < -0.3 is 14.8 Å². The lowest BCUT2D eigenvalue weighted by Gasteiger charge is -2.29. The van der Waals surface area contributed by atoms with Gasteiger partial charge >= 0.3 is 6.61 Å². The highest BCUT2D eigenvalue weighted by Crippen LogP contribution is 2.31. The summed E-state index contributed by atoms with van der Waals surface area (Å²) in [5.41, 5.74) is 0.446. The number of hydrogen-bond acceptors (Lipinski definition) is 4. The van der Waals surface area contributed by atoms with Crippen molar-refractivity contribution in [1.82, 2.24) is 5.32 Å². The molecule has 1 fully saturated rings. The largest absolute Gasteiger partial charge is 0.490 e. The summed E-state index contributed by atoms with van der Waals surface area (Å²) >= 11 is 0. The molecule has 0 bridgehead atoms. The Labute approximate surface area is 158 Å². The highest BCUT2D eigenvalue weighted by atomic mass is 19.3. The number of benzene rings is 1. The van der Waals surface area contributed by atoms with Gasteiger partial charge in [-0.1, -0.05) is 25.8 Å². The van der Waals surface area contributed by atoms with E-state index in [-0.39, 0.29) is 29.7 Å². The summed E-state index contributed by atoms with van der Waals surface area (Å²) in [6.07, 6.45) is 5.59. The van der Waals surface area contributed by atoms with Crippen molar-refractivity contribution in [3.63, 3.8) is 0 Å². The Morgan fingerprint density at radius 2 is 2.11 bits per heavy atom. The lowest BCUT2D eigenvalue weighted by Crippen LogP contribution is -2.41. The average Bonchev–Trinajstić information content (AvgIpc) is 2.63. The molecule has 1 saturated carbocycles. The molecular weight excluding hydrogens is 354 g/mol. The van der Waals surface area contributed by atoms with Crippen LogP contribution in [-0.4, -0.2) is 25.2 Å². The fraction of sp³-hybridized carbons (Fsp3) is 0.500. The zero-order valence-electron chi connectivity index (χ0n) is 15.5. The summed E-state index contributed by atoms with van der Waals surface area (Å²) in [6.45, 7) is 1.10. The van der Waals surface area contributed by atoms with Crippen molar-refractivity contribution in [2.45, 2.75) is 52.2 Å². The van der Waals surface area contributed by atoms with Crippen LogP contribution in [-0.2, 0) is 4.79 Å². The molecule has 1 N–H and O–H groups in total. The van der Waals surface area contributed by atoms with Gasteiger partial charge in [0.15, 0.2) is 11.5 Å². The van der Waals surface area contributed by atoms with Crippen LogP contribution in [0.1, 0.15) is 45.1 Å². The van der Waals surface area contributed by atoms with Gasteiger partial charge in [0.1, 0.15) is 11.6 Å². The fourth-order valence-corrected chi connectivity index (χ4v) is 3.17. The maximum absolute atomic E-state index is 12.5. The Morgan fingerprint density at radius 3 is 2.74 bits per heavy atom. The number of ether oxygens (including phenoxy) is 2. The SMILES string of the molecule is CCOc1cc(/C=C(\C#N)C(=O)NC2CCCCC2C)ccc1OC(F)F. The second-order valence-electron chi connectivity index (χ2n) is 6.53. The highest BCUT2D eigenvalue weighted by molar-refractivity contribution is 6.01. The summed E-state index contributed by atoms with van der Waals surface area (Å²) in [5, 5.41) is 12.3. The molecule has 1 aromatic rings. The fourth-order valence-electron chi connectivity index (χ4n) is 3.17.